The van der Waals surface area contributed by atoms with Crippen LogP contribution in [0.4, 0.5) is 0 Å². The van der Waals surface area contributed by atoms with Gasteiger partial charge in [-0.1, -0.05) is 0 Å². The molecular weight excluding hydrogens is 201 g/mol. The average Bonchev–Trinajstić information content (AvgIpc) is 1.78. The molecule has 0 aliphatic heterocycles. The van der Waals surface area contributed by atoms with Gasteiger partial charge >= 0.3 is 0 Å². The first-order chi connectivity index (χ1) is 5.17. The molecular formula is C5H14NO4PS. The average molecular weight is 215 g/mol. The van der Waals surface area contributed by atoms with E-state index in [9.17, 15) is 8.42 Å². The van der Waals surface area contributed by atoms with Crippen molar-refractivity contribution in [2.75, 3.05) is 27.7 Å². The SMILES string of the molecule is C[N+](C)(C)CC(O[PH-])S(=O)(=O)O. The fraction of sp³-hybridized carbons (Fsp3) is 1.00. The van der Waals surface area contributed by atoms with Crippen LogP contribution in [0.5, 0.6) is 0 Å². The number of hydrogen-bond donors (Lipinski definition) is 1. The molecule has 0 aromatic heterocycles. The van der Waals surface area contributed by atoms with E-state index in [0.29, 0.717) is 4.48 Å². The molecule has 0 saturated heterocycles. The summed E-state index contributed by atoms with van der Waals surface area (Å²) in [5.41, 5.74) is -1.23. The van der Waals surface area contributed by atoms with Crippen molar-refractivity contribution in [3.63, 3.8) is 0 Å². The largest absolute Gasteiger partial charge is 0.541 e. The quantitative estimate of drug-likeness (QED) is 0.406. The van der Waals surface area contributed by atoms with E-state index in [1.807, 2.05) is 0 Å². The summed E-state index contributed by atoms with van der Waals surface area (Å²) in [7, 11) is 3.85. The summed E-state index contributed by atoms with van der Waals surface area (Å²) < 4.78 is 34.7. The van der Waals surface area contributed by atoms with Crippen molar-refractivity contribution >= 4 is 19.6 Å². The molecule has 0 aliphatic carbocycles. The van der Waals surface area contributed by atoms with Crippen LogP contribution in [-0.2, 0) is 14.6 Å². The minimum absolute atomic E-state index is 0.169. The molecule has 0 spiro atoms. The third-order valence-electron chi connectivity index (χ3n) is 1.16. The molecule has 5 nitrogen and oxygen atoms in total. The van der Waals surface area contributed by atoms with Gasteiger partial charge in [0.25, 0.3) is 10.1 Å². The van der Waals surface area contributed by atoms with Gasteiger partial charge in [0.15, 0.2) is 0 Å². The van der Waals surface area contributed by atoms with E-state index >= 15 is 0 Å². The minimum atomic E-state index is -4.13. The Kier molecular flexibility index (Phi) is 4.07. The topological polar surface area (TPSA) is 63.6 Å². The third-order valence-corrected chi connectivity index (χ3v) is 2.53. The summed E-state index contributed by atoms with van der Waals surface area (Å²) in [4.78, 5) is 0. The van der Waals surface area contributed by atoms with Crippen LogP contribution >= 0.6 is 9.47 Å². The maximum absolute atomic E-state index is 10.6. The highest BCUT2D eigenvalue weighted by Gasteiger charge is 2.26. The molecule has 0 bridgehead atoms. The lowest BCUT2D eigenvalue weighted by Crippen LogP contribution is -2.44. The zero-order valence-electron chi connectivity index (χ0n) is 7.31. The predicted octanol–water partition coefficient (Wildman–Crippen LogP) is -0.0191. The van der Waals surface area contributed by atoms with Gasteiger partial charge in [-0.3, -0.25) is 4.55 Å². The molecule has 1 atom stereocenters. The zero-order valence-corrected chi connectivity index (χ0v) is 9.13. The normalized spacial score (nSPS) is 16.1. The van der Waals surface area contributed by atoms with Crippen LogP contribution in [-0.4, -0.2) is 50.6 Å². The molecule has 12 heavy (non-hydrogen) atoms. The number of quaternary nitrogens is 1. The number of hydrogen-bond acceptors (Lipinski definition) is 3. The molecule has 0 aromatic rings. The van der Waals surface area contributed by atoms with E-state index < -0.39 is 15.6 Å². The molecule has 0 fully saturated rings. The molecule has 0 aromatic carbocycles. The van der Waals surface area contributed by atoms with Crippen LogP contribution in [0.1, 0.15) is 0 Å². The molecule has 0 amide bonds. The first-order valence-electron chi connectivity index (χ1n) is 3.26. The fourth-order valence-corrected chi connectivity index (χ4v) is 1.84. The zero-order chi connectivity index (χ0) is 9.99. The second kappa shape index (κ2) is 3.98. The Hall–Kier alpha value is 0.260. The van der Waals surface area contributed by atoms with Crippen LogP contribution < -0.4 is 0 Å². The highest BCUT2D eigenvalue weighted by Crippen LogP contribution is 2.09. The van der Waals surface area contributed by atoms with Crippen molar-refractivity contribution < 1.29 is 22.0 Å². The van der Waals surface area contributed by atoms with Gasteiger partial charge in [-0.25, -0.2) is 0 Å². The van der Waals surface area contributed by atoms with E-state index in [4.69, 9.17) is 4.55 Å². The van der Waals surface area contributed by atoms with E-state index in [1.165, 1.54) is 0 Å². The molecule has 1 unspecified atom stereocenters. The summed E-state index contributed by atoms with van der Waals surface area (Å²) in [6, 6.07) is 0. The Bertz CT molecular complexity index is 232. The summed E-state index contributed by atoms with van der Waals surface area (Å²) in [5, 5.41) is 0. The Labute approximate surface area is 75.3 Å². The summed E-state index contributed by atoms with van der Waals surface area (Å²) in [5.74, 6) is 0. The molecule has 7 heteroatoms. The van der Waals surface area contributed by atoms with Crippen LogP contribution in [0, 0.1) is 0 Å². The molecule has 1 N–H and O–H groups in total. The van der Waals surface area contributed by atoms with E-state index in [1.54, 1.807) is 21.1 Å². The van der Waals surface area contributed by atoms with Gasteiger partial charge in [0, 0.05) is 0 Å². The second-order valence-corrected chi connectivity index (χ2v) is 5.33. The lowest BCUT2D eigenvalue weighted by Gasteiger charge is -2.29. The smallest absolute Gasteiger partial charge is 0.295 e. The number of likely N-dealkylation sites (N-methyl/N-ethyl adjacent to an activating group) is 1. The third kappa shape index (κ3) is 5.00. The molecule has 0 radical (unpaired) electrons. The predicted molar refractivity (Wildman–Crippen MR) is 47.6 cm³/mol. The fourth-order valence-electron chi connectivity index (χ4n) is 0.639. The summed E-state index contributed by atoms with van der Waals surface area (Å²) >= 11 is 0. The number of nitrogens with zero attached hydrogens (tertiary/aromatic N) is 1. The van der Waals surface area contributed by atoms with E-state index in [-0.39, 0.29) is 6.54 Å². The van der Waals surface area contributed by atoms with Gasteiger partial charge in [-0.15, -0.1) is 0 Å². The minimum Gasteiger partial charge on any atom is -0.541 e. The molecule has 0 saturated carbocycles. The van der Waals surface area contributed by atoms with Gasteiger partial charge in [0.2, 0.25) is 5.44 Å². The van der Waals surface area contributed by atoms with Crippen molar-refractivity contribution in [1.82, 2.24) is 0 Å². The van der Waals surface area contributed by atoms with Crippen LogP contribution in [0.25, 0.3) is 0 Å². The van der Waals surface area contributed by atoms with Crippen molar-refractivity contribution in [3.05, 3.63) is 0 Å². The molecule has 0 rings (SSSR count). The number of rotatable bonds is 4. The van der Waals surface area contributed by atoms with Crippen molar-refractivity contribution in [3.8, 4) is 0 Å². The Morgan fingerprint density at radius 1 is 1.50 bits per heavy atom. The Morgan fingerprint density at radius 2 is 1.92 bits per heavy atom. The maximum Gasteiger partial charge on any atom is 0.295 e. The van der Waals surface area contributed by atoms with Crippen molar-refractivity contribution in [2.24, 2.45) is 0 Å². The van der Waals surface area contributed by atoms with Crippen molar-refractivity contribution in [2.45, 2.75) is 5.44 Å². The van der Waals surface area contributed by atoms with Crippen LogP contribution in [0.3, 0.4) is 0 Å². The first kappa shape index (κ1) is 12.3. The lowest BCUT2D eigenvalue weighted by molar-refractivity contribution is -0.871. The van der Waals surface area contributed by atoms with Gasteiger partial charge in [-0.05, 0) is 0 Å². The summed E-state index contributed by atoms with van der Waals surface area (Å²) in [6.45, 7) is 0.169. The van der Waals surface area contributed by atoms with E-state index in [2.05, 4.69) is 14.0 Å². The van der Waals surface area contributed by atoms with Crippen molar-refractivity contribution in [1.29, 1.82) is 0 Å². The first-order valence-corrected chi connectivity index (χ1v) is 5.17. The Morgan fingerprint density at radius 3 is 2.00 bits per heavy atom. The van der Waals surface area contributed by atoms with Crippen LogP contribution in [0.2, 0.25) is 0 Å². The van der Waals surface area contributed by atoms with E-state index in [0.717, 1.165) is 0 Å². The van der Waals surface area contributed by atoms with Gasteiger partial charge in [0.05, 0.1) is 21.1 Å². The van der Waals surface area contributed by atoms with Gasteiger partial charge in [0.1, 0.15) is 6.54 Å². The summed E-state index contributed by atoms with van der Waals surface area (Å²) in [6.07, 6.45) is 0. The monoisotopic (exact) mass is 215 g/mol. The highest BCUT2D eigenvalue weighted by molar-refractivity contribution is 7.86. The molecule has 0 heterocycles. The standard InChI is InChI=1S/C5H14NO4PS/c1-6(2,3)4-5(10-11)12(7,8)9/h5,11H,4H2,1-3H3,(H,7,8,9). The van der Waals surface area contributed by atoms with Gasteiger partial charge < -0.3 is 18.5 Å². The highest BCUT2D eigenvalue weighted by atomic mass is 32.2. The molecule has 74 valence electrons. The van der Waals surface area contributed by atoms with Crippen LogP contribution in [0.15, 0.2) is 0 Å². The lowest BCUT2D eigenvalue weighted by atomic mass is 10.5. The Balaban J connectivity index is 4.41. The van der Waals surface area contributed by atoms with Gasteiger partial charge in [-0.2, -0.15) is 8.42 Å². The second-order valence-electron chi connectivity index (χ2n) is 3.54. The maximum atomic E-state index is 10.6. The molecule has 0 aliphatic rings.